The van der Waals surface area contributed by atoms with Crippen molar-refractivity contribution >= 4 is 0 Å². The second-order valence-electron chi connectivity index (χ2n) is 6.86. The molecule has 3 atom stereocenters. The number of aryl methyl sites for hydroxylation is 1. The molecule has 0 bridgehead atoms. The molecule has 20 heavy (non-hydrogen) atoms. The van der Waals surface area contributed by atoms with Gasteiger partial charge in [-0.05, 0) is 55.8 Å². The lowest BCUT2D eigenvalue weighted by molar-refractivity contribution is 0.166. The van der Waals surface area contributed by atoms with Crippen molar-refractivity contribution in [1.82, 2.24) is 10.2 Å². The molecule has 1 saturated heterocycles. The summed E-state index contributed by atoms with van der Waals surface area (Å²) in [7, 11) is 2.12. The molecule has 1 N–H and O–H groups in total. The Morgan fingerprint density at radius 1 is 1.20 bits per heavy atom. The van der Waals surface area contributed by atoms with Crippen LogP contribution in [0.25, 0.3) is 0 Å². The van der Waals surface area contributed by atoms with Crippen LogP contribution in [0.2, 0.25) is 0 Å². The van der Waals surface area contributed by atoms with Gasteiger partial charge in [-0.15, -0.1) is 0 Å². The minimum absolute atomic E-state index is 0.505. The van der Waals surface area contributed by atoms with Crippen molar-refractivity contribution in [3.63, 3.8) is 0 Å². The average molecular weight is 272 g/mol. The summed E-state index contributed by atoms with van der Waals surface area (Å²) in [4.78, 5) is 2.75. The zero-order chi connectivity index (χ0) is 14.1. The SMILES string of the molecule is CNC1c2ccccc2CCC1N1CCC(C(C)C)C1. The van der Waals surface area contributed by atoms with Crippen LogP contribution in [-0.2, 0) is 6.42 Å². The van der Waals surface area contributed by atoms with Gasteiger partial charge in [0.25, 0.3) is 0 Å². The number of fused-ring (bicyclic) bond motifs is 1. The van der Waals surface area contributed by atoms with Gasteiger partial charge in [-0.2, -0.15) is 0 Å². The van der Waals surface area contributed by atoms with Crippen molar-refractivity contribution in [2.75, 3.05) is 20.1 Å². The number of likely N-dealkylation sites (N-methyl/N-ethyl adjacent to an activating group) is 1. The van der Waals surface area contributed by atoms with E-state index in [1.807, 2.05) is 0 Å². The van der Waals surface area contributed by atoms with Crippen LogP contribution in [0.15, 0.2) is 24.3 Å². The normalized spacial score (nSPS) is 30.7. The number of nitrogens with one attached hydrogen (secondary N) is 1. The standard InChI is InChI=1S/C18H28N2/c1-13(2)15-10-11-20(12-15)17-9-8-14-6-4-5-7-16(14)18(17)19-3/h4-7,13,15,17-19H,8-12H2,1-3H3. The van der Waals surface area contributed by atoms with E-state index < -0.39 is 0 Å². The number of rotatable bonds is 3. The lowest BCUT2D eigenvalue weighted by Gasteiger charge is -2.39. The first-order chi connectivity index (χ1) is 9.70. The summed E-state index contributed by atoms with van der Waals surface area (Å²) < 4.78 is 0. The first-order valence-electron chi connectivity index (χ1n) is 8.20. The molecule has 3 unspecified atom stereocenters. The molecule has 1 aliphatic carbocycles. The minimum atomic E-state index is 0.505. The zero-order valence-electron chi connectivity index (χ0n) is 13.1. The first-order valence-corrected chi connectivity index (χ1v) is 8.20. The van der Waals surface area contributed by atoms with Gasteiger partial charge in [0.2, 0.25) is 0 Å². The lowest BCUT2D eigenvalue weighted by atomic mass is 9.83. The van der Waals surface area contributed by atoms with Gasteiger partial charge >= 0.3 is 0 Å². The molecular formula is C18H28N2. The number of hydrogen-bond acceptors (Lipinski definition) is 2. The molecule has 2 nitrogen and oxygen atoms in total. The third kappa shape index (κ3) is 2.51. The molecule has 0 saturated carbocycles. The summed E-state index contributed by atoms with van der Waals surface area (Å²) in [6.45, 7) is 7.33. The van der Waals surface area contributed by atoms with E-state index in [2.05, 4.69) is 55.4 Å². The van der Waals surface area contributed by atoms with Crippen LogP contribution in [0.3, 0.4) is 0 Å². The summed E-state index contributed by atoms with van der Waals surface area (Å²) in [5.41, 5.74) is 3.07. The molecule has 0 radical (unpaired) electrons. The first kappa shape index (κ1) is 14.1. The van der Waals surface area contributed by atoms with Gasteiger partial charge in [-0.3, -0.25) is 4.90 Å². The van der Waals surface area contributed by atoms with E-state index in [0.717, 1.165) is 11.8 Å². The van der Waals surface area contributed by atoms with Crippen LogP contribution in [0.5, 0.6) is 0 Å². The minimum Gasteiger partial charge on any atom is -0.312 e. The highest BCUT2D eigenvalue weighted by atomic mass is 15.2. The van der Waals surface area contributed by atoms with E-state index >= 15 is 0 Å². The third-order valence-corrected chi connectivity index (χ3v) is 5.46. The summed E-state index contributed by atoms with van der Waals surface area (Å²) in [6.07, 6.45) is 3.92. The Morgan fingerprint density at radius 3 is 2.70 bits per heavy atom. The van der Waals surface area contributed by atoms with Crippen molar-refractivity contribution in [2.45, 2.75) is 45.2 Å². The molecule has 110 valence electrons. The Labute approximate surface area is 123 Å². The molecule has 1 aromatic carbocycles. The summed E-state index contributed by atoms with van der Waals surface area (Å²) in [6, 6.07) is 10.2. The van der Waals surface area contributed by atoms with E-state index in [9.17, 15) is 0 Å². The van der Waals surface area contributed by atoms with Crippen LogP contribution >= 0.6 is 0 Å². The summed E-state index contributed by atoms with van der Waals surface area (Å²) in [5.74, 6) is 1.72. The van der Waals surface area contributed by atoms with Crippen molar-refractivity contribution < 1.29 is 0 Å². The van der Waals surface area contributed by atoms with Crippen LogP contribution < -0.4 is 5.32 Å². The molecule has 0 amide bonds. The van der Waals surface area contributed by atoms with Crippen molar-refractivity contribution in [3.8, 4) is 0 Å². The summed E-state index contributed by atoms with van der Waals surface area (Å²) >= 11 is 0. The molecule has 2 heteroatoms. The number of hydrogen-bond donors (Lipinski definition) is 1. The largest absolute Gasteiger partial charge is 0.312 e. The maximum Gasteiger partial charge on any atom is 0.0478 e. The Kier molecular flexibility index (Phi) is 4.13. The van der Waals surface area contributed by atoms with E-state index in [0.29, 0.717) is 12.1 Å². The van der Waals surface area contributed by atoms with Gasteiger partial charge in [-0.1, -0.05) is 38.1 Å². The maximum atomic E-state index is 3.59. The van der Waals surface area contributed by atoms with Crippen molar-refractivity contribution in [3.05, 3.63) is 35.4 Å². The monoisotopic (exact) mass is 272 g/mol. The van der Waals surface area contributed by atoms with Gasteiger partial charge < -0.3 is 5.32 Å². The van der Waals surface area contributed by atoms with E-state index in [1.54, 1.807) is 5.56 Å². The molecule has 0 spiro atoms. The van der Waals surface area contributed by atoms with Crippen molar-refractivity contribution in [2.24, 2.45) is 11.8 Å². The second-order valence-corrected chi connectivity index (χ2v) is 6.86. The molecule has 3 rings (SSSR count). The summed E-state index contributed by atoms with van der Waals surface area (Å²) in [5, 5.41) is 3.59. The molecule has 1 fully saturated rings. The Balaban J connectivity index is 1.78. The Hall–Kier alpha value is -0.860. The quantitative estimate of drug-likeness (QED) is 0.909. The van der Waals surface area contributed by atoms with E-state index in [1.165, 1.54) is 37.9 Å². The van der Waals surface area contributed by atoms with Crippen LogP contribution in [-0.4, -0.2) is 31.1 Å². The highest BCUT2D eigenvalue weighted by molar-refractivity contribution is 5.34. The average Bonchev–Trinajstić information content (AvgIpc) is 2.95. The second kappa shape index (κ2) is 5.87. The molecule has 1 heterocycles. The fourth-order valence-electron chi connectivity index (χ4n) is 4.14. The van der Waals surface area contributed by atoms with Crippen molar-refractivity contribution in [1.29, 1.82) is 0 Å². The molecular weight excluding hydrogens is 244 g/mol. The molecule has 2 aliphatic rings. The smallest absolute Gasteiger partial charge is 0.0478 e. The molecule has 1 aromatic rings. The van der Waals surface area contributed by atoms with Gasteiger partial charge in [-0.25, -0.2) is 0 Å². The number of nitrogens with zero attached hydrogens (tertiary/aromatic N) is 1. The Bertz CT molecular complexity index is 454. The molecule has 1 aliphatic heterocycles. The predicted molar refractivity (Wildman–Crippen MR) is 84.9 cm³/mol. The number of benzene rings is 1. The molecule has 0 aromatic heterocycles. The Morgan fingerprint density at radius 2 is 2.00 bits per heavy atom. The fourth-order valence-corrected chi connectivity index (χ4v) is 4.14. The maximum absolute atomic E-state index is 3.59. The lowest BCUT2D eigenvalue weighted by Crippen LogP contribution is -2.45. The predicted octanol–water partition coefficient (Wildman–Crippen LogP) is 3.24. The number of likely N-dealkylation sites (tertiary alicyclic amines) is 1. The van der Waals surface area contributed by atoms with Crippen LogP contribution in [0, 0.1) is 11.8 Å². The highest BCUT2D eigenvalue weighted by Gasteiger charge is 2.36. The van der Waals surface area contributed by atoms with Crippen LogP contribution in [0.1, 0.15) is 43.9 Å². The fraction of sp³-hybridized carbons (Fsp3) is 0.667. The van der Waals surface area contributed by atoms with Gasteiger partial charge in [0.05, 0.1) is 0 Å². The highest BCUT2D eigenvalue weighted by Crippen LogP contribution is 2.36. The zero-order valence-corrected chi connectivity index (χ0v) is 13.1. The van der Waals surface area contributed by atoms with Gasteiger partial charge in [0.1, 0.15) is 0 Å². The van der Waals surface area contributed by atoms with E-state index in [-0.39, 0.29) is 0 Å². The van der Waals surface area contributed by atoms with Gasteiger partial charge in [0, 0.05) is 18.6 Å². The van der Waals surface area contributed by atoms with E-state index in [4.69, 9.17) is 0 Å². The third-order valence-electron chi connectivity index (χ3n) is 5.46. The topological polar surface area (TPSA) is 15.3 Å². The van der Waals surface area contributed by atoms with Gasteiger partial charge in [0.15, 0.2) is 0 Å². The van der Waals surface area contributed by atoms with Crippen LogP contribution in [0.4, 0.5) is 0 Å².